The molecular weight excluding hydrogens is 567 g/mol. The van der Waals surface area contributed by atoms with E-state index < -0.39 is 52.2 Å². The molecule has 2 heterocycles. The van der Waals surface area contributed by atoms with Gasteiger partial charge in [-0.3, -0.25) is 9.59 Å². The molecule has 1 saturated heterocycles. The van der Waals surface area contributed by atoms with Crippen molar-refractivity contribution in [1.82, 2.24) is 14.9 Å². The summed E-state index contributed by atoms with van der Waals surface area (Å²) < 4.78 is 50.2. The number of ether oxygens (including phenoxy) is 1. The molecule has 0 aromatic heterocycles. The van der Waals surface area contributed by atoms with Crippen LogP contribution in [0.2, 0.25) is 0 Å². The van der Waals surface area contributed by atoms with E-state index in [1.165, 1.54) is 11.3 Å². The molecule has 1 atom stereocenters. The van der Waals surface area contributed by atoms with Crippen molar-refractivity contribution < 1.29 is 37.0 Å². The zero-order chi connectivity index (χ0) is 29.9. The SMILES string of the molecule is O=C(O)N[C@H](CCC1CCCCC1)C(=O)N1CCc2cc(OCc3ccccc3)c(N3CC(=O)NS3(=O)=O)c(F)c2C1. The van der Waals surface area contributed by atoms with Gasteiger partial charge < -0.3 is 20.1 Å². The second kappa shape index (κ2) is 12.6. The predicted molar refractivity (Wildman–Crippen MR) is 151 cm³/mol. The third-order valence-corrected chi connectivity index (χ3v) is 9.58. The smallest absolute Gasteiger partial charge is 0.405 e. The number of hydrogen-bond donors (Lipinski definition) is 3. The Kier molecular flexibility index (Phi) is 8.85. The lowest BCUT2D eigenvalue weighted by atomic mass is 9.85. The van der Waals surface area contributed by atoms with Gasteiger partial charge in [0.25, 0.3) is 5.91 Å². The van der Waals surface area contributed by atoms with Crippen LogP contribution in [0.1, 0.15) is 61.6 Å². The van der Waals surface area contributed by atoms with Gasteiger partial charge in [0.15, 0.2) is 5.82 Å². The molecule has 0 unspecified atom stereocenters. The van der Waals surface area contributed by atoms with Crippen LogP contribution in [0.4, 0.5) is 14.9 Å². The van der Waals surface area contributed by atoms with E-state index in [2.05, 4.69) is 5.32 Å². The van der Waals surface area contributed by atoms with Crippen molar-refractivity contribution in [3.05, 3.63) is 58.9 Å². The van der Waals surface area contributed by atoms with Crippen LogP contribution in [0.15, 0.2) is 36.4 Å². The summed E-state index contributed by atoms with van der Waals surface area (Å²) in [5.74, 6) is -1.75. The van der Waals surface area contributed by atoms with Crippen molar-refractivity contribution in [2.45, 2.75) is 70.6 Å². The average Bonchev–Trinajstić information content (AvgIpc) is 3.25. The summed E-state index contributed by atoms with van der Waals surface area (Å²) in [6.45, 7) is -0.530. The van der Waals surface area contributed by atoms with Gasteiger partial charge in [-0.2, -0.15) is 8.42 Å². The van der Waals surface area contributed by atoms with Gasteiger partial charge in [0.1, 0.15) is 30.6 Å². The Morgan fingerprint density at radius 3 is 2.55 bits per heavy atom. The Bertz CT molecular complexity index is 1450. The molecule has 0 bridgehead atoms. The summed E-state index contributed by atoms with van der Waals surface area (Å²) >= 11 is 0. The van der Waals surface area contributed by atoms with Gasteiger partial charge >= 0.3 is 16.3 Å². The molecule has 0 radical (unpaired) electrons. The Morgan fingerprint density at radius 1 is 1.14 bits per heavy atom. The summed E-state index contributed by atoms with van der Waals surface area (Å²) in [5.41, 5.74) is 1.02. The van der Waals surface area contributed by atoms with E-state index in [4.69, 9.17) is 4.74 Å². The highest BCUT2D eigenvalue weighted by Gasteiger charge is 2.40. The number of carbonyl (C=O) groups excluding carboxylic acids is 2. The van der Waals surface area contributed by atoms with Gasteiger partial charge in [-0.25, -0.2) is 18.2 Å². The Balaban J connectivity index is 1.42. The topological polar surface area (TPSA) is 145 Å². The van der Waals surface area contributed by atoms with Crippen molar-refractivity contribution in [2.24, 2.45) is 5.92 Å². The summed E-state index contributed by atoms with van der Waals surface area (Å²) in [6, 6.07) is 9.68. The number of hydrogen-bond acceptors (Lipinski definition) is 6. The molecule has 2 aromatic rings. The van der Waals surface area contributed by atoms with Crippen LogP contribution in [0.3, 0.4) is 0 Å². The maximum absolute atomic E-state index is 16.3. The molecule has 2 aliphatic heterocycles. The van der Waals surface area contributed by atoms with Crippen LogP contribution in [0.25, 0.3) is 0 Å². The molecule has 2 aromatic carbocycles. The lowest BCUT2D eigenvalue weighted by Gasteiger charge is -2.34. The van der Waals surface area contributed by atoms with Crippen LogP contribution < -0.4 is 19.1 Å². The van der Waals surface area contributed by atoms with Crippen molar-refractivity contribution >= 4 is 33.8 Å². The Hall–Kier alpha value is -3.87. The minimum absolute atomic E-state index is 0.0344. The van der Waals surface area contributed by atoms with E-state index >= 15 is 4.39 Å². The summed E-state index contributed by atoms with van der Waals surface area (Å²) in [6.07, 6.45) is 5.58. The number of nitrogens with zero attached hydrogens (tertiary/aromatic N) is 2. The summed E-state index contributed by atoms with van der Waals surface area (Å²) in [4.78, 5) is 38.5. The molecule has 3 N–H and O–H groups in total. The molecule has 13 heteroatoms. The molecule has 0 spiro atoms. The fourth-order valence-electron chi connectivity index (χ4n) is 6.04. The minimum Gasteiger partial charge on any atom is -0.487 e. The zero-order valence-electron chi connectivity index (χ0n) is 23.2. The highest BCUT2D eigenvalue weighted by Crippen LogP contribution is 2.40. The van der Waals surface area contributed by atoms with Crippen LogP contribution in [-0.2, 0) is 39.4 Å². The van der Waals surface area contributed by atoms with Gasteiger partial charge in [-0.15, -0.1) is 0 Å². The van der Waals surface area contributed by atoms with E-state index in [-0.39, 0.29) is 37.4 Å². The zero-order valence-corrected chi connectivity index (χ0v) is 24.0. The second-order valence-electron chi connectivity index (χ2n) is 11.1. The van der Waals surface area contributed by atoms with Crippen LogP contribution in [0.5, 0.6) is 5.75 Å². The van der Waals surface area contributed by atoms with Gasteiger partial charge in [0, 0.05) is 18.7 Å². The molecule has 1 saturated carbocycles. The number of amides is 3. The molecule has 5 rings (SSSR count). The fourth-order valence-corrected chi connectivity index (χ4v) is 7.20. The molecule has 3 aliphatic rings. The van der Waals surface area contributed by atoms with Crippen molar-refractivity contribution in [2.75, 3.05) is 17.4 Å². The highest BCUT2D eigenvalue weighted by molar-refractivity contribution is 7.92. The van der Waals surface area contributed by atoms with Crippen LogP contribution in [-0.4, -0.2) is 55.5 Å². The number of rotatable bonds is 9. The number of halogens is 1. The first-order chi connectivity index (χ1) is 20.1. The normalized spacial score (nSPS) is 19.1. The summed E-state index contributed by atoms with van der Waals surface area (Å²) in [5, 5.41) is 11.8. The number of carbonyl (C=O) groups is 3. The standard InChI is InChI=1S/C29H35FN4O7S/c30-26-22-16-33(28(36)23(31-29(37)38)12-11-19-7-3-1-4-8-19)14-13-21(22)15-24(41-18-20-9-5-2-6-10-20)27(26)34-17-25(35)32-42(34,39)40/h2,5-6,9-10,15,19,23,31H,1,3-4,7-8,11-14,16-18H2,(H,32,35)(H,37,38)/t23-/m1/s1. The Labute approximate surface area is 244 Å². The number of carboxylic acid groups (broad SMARTS) is 1. The number of benzene rings is 2. The van der Waals surface area contributed by atoms with Gasteiger partial charge in [-0.1, -0.05) is 62.4 Å². The monoisotopic (exact) mass is 602 g/mol. The predicted octanol–water partition coefficient (Wildman–Crippen LogP) is 3.47. The largest absolute Gasteiger partial charge is 0.487 e. The third kappa shape index (κ3) is 6.61. The number of anilines is 1. The maximum Gasteiger partial charge on any atom is 0.405 e. The molecule has 11 nitrogen and oxygen atoms in total. The van der Waals surface area contributed by atoms with Crippen molar-refractivity contribution in [3.8, 4) is 5.75 Å². The minimum atomic E-state index is -4.36. The quantitative estimate of drug-likeness (QED) is 0.399. The first kappa shape index (κ1) is 29.6. The van der Waals surface area contributed by atoms with E-state index in [1.54, 1.807) is 6.07 Å². The number of fused-ring (bicyclic) bond motifs is 1. The van der Waals surface area contributed by atoms with Crippen LogP contribution >= 0.6 is 0 Å². The van der Waals surface area contributed by atoms with E-state index in [0.717, 1.165) is 37.7 Å². The molecule has 1 aliphatic carbocycles. The lowest BCUT2D eigenvalue weighted by molar-refractivity contribution is -0.134. The molecule has 2 fully saturated rings. The van der Waals surface area contributed by atoms with Crippen LogP contribution in [0, 0.1) is 11.7 Å². The summed E-state index contributed by atoms with van der Waals surface area (Å²) in [7, 11) is -4.36. The van der Waals surface area contributed by atoms with Crippen molar-refractivity contribution in [1.29, 1.82) is 0 Å². The van der Waals surface area contributed by atoms with Crippen molar-refractivity contribution in [3.63, 3.8) is 0 Å². The molecule has 226 valence electrons. The Morgan fingerprint density at radius 2 is 1.88 bits per heavy atom. The third-order valence-electron chi connectivity index (χ3n) is 8.20. The first-order valence-electron chi connectivity index (χ1n) is 14.2. The molecular formula is C29H35FN4O7S. The molecule has 3 amide bonds. The van der Waals surface area contributed by atoms with Gasteiger partial charge in [0.2, 0.25) is 5.91 Å². The molecule has 42 heavy (non-hydrogen) atoms. The van der Waals surface area contributed by atoms with Gasteiger partial charge in [-0.05, 0) is 42.4 Å². The fraction of sp³-hybridized carbons (Fsp3) is 0.483. The maximum atomic E-state index is 16.3. The first-order valence-corrected chi connectivity index (χ1v) is 15.7. The second-order valence-corrected chi connectivity index (χ2v) is 12.7. The average molecular weight is 603 g/mol. The van der Waals surface area contributed by atoms with E-state index in [0.29, 0.717) is 22.2 Å². The highest BCUT2D eigenvalue weighted by atomic mass is 32.2. The van der Waals surface area contributed by atoms with E-state index in [1.807, 2.05) is 35.1 Å². The van der Waals surface area contributed by atoms with Gasteiger partial charge in [0.05, 0.1) is 0 Å². The lowest BCUT2D eigenvalue weighted by Crippen LogP contribution is -2.50. The van der Waals surface area contributed by atoms with E-state index in [9.17, 15) is 27.9 Å². The number of nitrogens with one attached hydrogen (secondary N) is 2.